The fourth-order valence-electron chi connectivity index (χ4n) is 2.38. The second kappa shape index (κ2) is 8.23. The third kappa shape index (κ3) is 4.32. The maximum absolute atomic E-state index is 13.3. The molecule has 7 heteroatoms. The summed E-state index contributed by atoms with van der Waals surface area (Å²) in [4.78, 5) is 12.0. The van der Waals surface area contributed by atoms with Crippen LogP contribution < -0.4 is 24.8 Å². The van der Waals surface area contributed by atoms with Gasteiger partial charge in [-0.3, -0.25) is 0 Å². The zero-order valence-electron chi connectivity index (χ0n) is 14.6. The Balaban J connectivity index is 2.07. The number of rotatable bonds is 6. The molecule has 0 saturated heterocycles. The second-order valence-electron chi connectivity index (χ2n) is 5.27. The SMILES string of the molecule is COc1ccc(CNC(=O)Nc2ccc(F)c(C)c2)c(OC)c1OC. The predicted octanol–water partition coefficient (Wildman–Crippen LogP) is 3.48. The van der Waals surface area contributed by atoms with E-state index in [0.717, 1.165) is 5.56 Å². The summed E-state index contributed by atoms with van der Waals surface area (Å²) in [5, 5.41) is 5.38. The number of hydrogen-bond acceptors (Lipinski definition) is 4. The van der Waals surface area contributed by atoms with E-state index in [1.54, 1.807) is 25.1 Å². The van der Waals surface area contributed by atoms with E-state index in [2.05, 4.69) is 10.6 Å². The monoisotopic (exact) mass is 348 g/mol. The first kappa shape index (κ1) is 18.4. The highest BCUT2D eigenvalue weighted by Gasteiger charge is 2.16. The van der Waals surface area contributed by atoms with Crippen LogP contribution in [0.3, 0.4) is 0 Å². The van der Waals surface area contributed by atoms with Gasteiger partial charge in [-0.05, 0) is 42.8 Å². The zero-order chi connectivity index (χ0) is 18.4. The van der Waals surface area contributed by atoms with E-state index in [0.29, 0.717) is 28.5 Å². The van der Waals surface area contributed by atoms with Crippen molar-refractivity contribution >= 4 is 11.7 Å². The Bertz CT molecular complexity index is 765. The lowest BCUT2D eigenvalue weighted by molar-refractivity contribution is 0.251. The number of benzene rings is 2. The fraction of sp³-hybridized carbons (Fsp3) is 0.278. The van der Waals surface area contributed by atoms with Gasteiger partial charge in [-0.1, -0.05) is 0 Å². The van der Waals surface area contributed by atoms with Gasteiger partial charge in [0.25, 0.3) is 0 Å². The molecule has 2 amide bonds. The topological polar surface area (TPSA) is 68.8 Å². The van der Waals surface area contributed by atoms with E-state index in [9.17, 15) is 9.18 Å². The number of anilines is 1. The van der Waals surface area contributed by atoms with Crippen LogP contribution in [0.5, 0.6) is 17.2 Å². The Labute approximate surface area is 145 Å². The largest absolute Gasteiger partial charge is 0.493 e. The lowest BCUT2D eigenvalue weighted by Crippen LogP contribution is -2.28. The number of halogens is 1. The van der Waals surface area contributed by atoms with Crippen molar-refractivity contribution in [2.45, 2.75) is 13.5 Å². The number of aryl methyl sites for hydroxylation is 1. The highest BCUT2D eigenvalue weighted by Crippen LogP contribution is 2.39. The van der Waals surface area contributed by atoms with Gasteiger partial charge >= 0.3 is 6.03 Å². The van der Waals surface area contributed by atoms with E-state index >= 15 is 0 Å². The molecular formula is C18H21FN2O4. The van der Waals surface area contributed by atoms with Gasteiger partial charge in [0, 0.05) is 17.8 Å². The van der Waals surface area contributed by atoms with Crippen LogP contribution in [0, 0.1) is 12.7 Å². The molecule has 0 atom stereocenters. The normalized spacial score (nSPS) is 10.1. The number of carbonyl (C=O) groups excluding carboxylic acids is 1. The zero-order valence-corrected chi connectivity index (χ0v) is 14.6. The molecule has 0 fully saturated rings. The van der Waals surface area contributed by atoms with Crippen LogP contribution in [0.2, 0.25) is 0 Å². The van der Waals surface area contributed by atoms with Crippen LogP contribution in [-0.4, -0.2) is 27.4 Å². The molecule has 0 radical (unpaired) electrons. The molecule has 0 spiro atoms. The van der Waals surface area contributed by atoms with Crippen molar-refractivity contribution in [2.24, 2.45) is 0 Å². The first-order chi connectivity index (χ1) is 12.0. The van der Waals surface area contributed by atoms with Crippen LogP contribution in [0.15, 0.2) is 30.3 Å². The summed E-state index contributed by atoms with van der Waals surface area (Å²) in [5.74, 6) is 1.16. The maximum Gasteiger partial charge on any atom is 0.319 e. The summed E-state index contributed by atoms with van der Waals surface area (Å²) in [6, 6.07) is 7.47. The van der Waals surface area contributed by atoms with E-state index in [4.69, 9.17) is 14.2 Å². The molecule has 2 aromatic carbocycles. The van der Waals surface area contributed by atoms with Crippen LogP contribution in [0.25, 0.3) is 0 Å². The number of ether oxygens (including phenoxy) is 3. The van der Waals surface area contributed by atoms with E-state index in [1.807, 2.05) is 0 Å². The Morgan fingerprint density at radius 3 is 2.36 bits per heavy atom. The van der Waals surface area contributed by atoms with Gasteiger partial charge in [0.1, 0.15) is 5.82 Å². The van der Waals surface area contributed by atoms with Crippen molar-refractivity contribution in [3.8, 4) is 17.2 Å². The summed E-state index contributed by atoms with van der Waals surface area (Å²) < 4.78 is 29.2. The summed E-state index contributed by atoms with van der Waals surface area (Å²) in [7, 11) is 4.57. The summed E-state index contributed by atoms with van der Waals surface area (Å²) >= 11 is 0. The minimum absolute atomic E-state index is 0.218. The average Bonchev–Trinajstić information content (AvgIpc) is 2.61. The van der Waals surface area contributed by atoms with E-state index < -0.39 is 6.03 Å². The van der Waals surface area contributed by atoms with Gasteiger partial charge in [0.15, 0.2) is 11.5 Å². The molecule has 25 heavy (non-hydrogen) atoms. The lowest BCUT2D eigenvalue weighted by Gasteiger charge is -2.16. The van der Waals surface area contributed by atoms with Crippen molar-refractivity contribution in [2.75, 3.05) is 26.6 Å². The van der Waals surface area contributed by atoms with Gasteiger partial charge in [-0.25, -0.2) is 9.18 Å². The third-order valence-electron chi connectivity index (χ3n) is 3.64. The Morgan fingerprint density at radius 1 is 1.04 bits per heavy atom. The molecule has 2 N–H and O–H groups in total. The number of amides is 2. The summed E-state index contributed by atoms with van der Waals surface area (Å²) in [5.41, 5.74) is 1.70. The Morgan fingerprint density at radius 2 is 1.76 bits per heavy atom. The molecule has 0 bridgehead atoms. The highest BCUT2D eigenvalue weighted by atomic mass is 19.1. The van der Waals surface area contributed by atoms with Crippen molar-refractivity contribution < 1.29 is 23.4 Å². The number of carbonyl (C=O) groups is 1. The minimum atomic E-state index is -0.414. The van der Waals surface area contributed by atoms with E-state index in [-0.39, 0.29) is 12.4 Å². The quantitative estimate of drug-likeness (QED) is 0.839. The molecule has 0 heterocycles. The highest BCUT2D eigenvalue weighted by molar-refractivity contribution is 5.89. The smallest absolute Gasteiger partial charge is 0.319 e. The second-order valence-corrected chi connectivity index (χ2v) is 5.27. The van der Waals surface area contributed by atoms with Crippen LogP contribution in [-0.2, 0) is 6.54 Å². The first-order valence-electron chi connectivity index (χ1n) is 7.59. The third-order valence-corrected chi connectivity index (χ3v) is 3.64. The van der Waals surface area contributed by atoms with Crippen LogP contribution in [0.4, 0.5) is 14.9 Å². The molecule has 6 nitrogen and oxygen atoms in total. The molecule has 134 valence electrons. The predicted molar refractivity (Wildman–Crippen MR) is 93.1 cm³/mol. The molecule has 0 aromatic heterocycles. The van der Waals surface area contributed by atoms with Crippen molar-refractivity contribution in [1.29, 1.82) is 0 Å². The lowest BCUT2D eigenvalue weighted by atomic mass is 10.1. The molecule has 0 aliphatic rings. The molecule has 2 aromatic rings. The molecule has 0 aliphatic carbocycles. The molecular weight excluding hydrogens is 327 g/mol. The van der Waals surface area contributed by atoms with Gasteiger partial charge < -0.3 is 24.8 Å². The van der Waals surface area contributed by atoms with Gasteiger partial charge in [-0.15, -0.1) is 0 Å². The van der Waals surface area contributed by atoms with Crippen molar-refractivity contribution in [1.82, 2.24) is 5.32 Å². The standard InChI is InChI=1S/C18H21FN2O4/c1-11-9-13(6-7-14(11)19)21-18(22)20-10-12-5-8-15(23-2)17(25-4)16(12)24-3/h5-9H,10H2,1-4H3,(H2,20,21,22). The first-order valence-corrected chi connectivity index (χ1v) is 7.59. The number of urea groups is 1. The van der Waals surface area contributed by atoms with Crippen LogP contribution in [0.1, 0.15) is 11.1 Å². The maximum atomic E-state index is 13.3. The van der Waals surface area contributed by atoms with Gasteiger partial charge in [0.05, 0.1) is 21.3 Å². The number of nitrogens with one attached hydrogen (secondary N) is 2. The van der Waals surface area contributed by atoms with Crippen LogP contribution >= 0.6 is 0 Å². The molecule has 0 saturated carbocycles. The van der Waals surface area contributed by atoms with Gasteiger partial charge in [-0.2, -0.15) is 0 Å². The Kier molecular flexibility index (Phi) is 6.05. The number of hydrogen-bond donors (Lipinski definition) is 2. The molecule has 0 aliphatic heterocycles. The van der Waals surface area contributed by atoms with Gasteiger partial charge in [0.2, 0.25) is 5.75 Å². The van der Waals surface area contributed by atoms with E-state index in [1.165, 1.54) is 33.5 Å². The molecule has 0 unspecified atom stereocenters. The number of methoxy groups -OCH3 is 3. The fourth-order valence-corrected chi connectivity index (χ4v) is 2.38. The minimum Gasteiger partial charge on any atom is -0.493 e. The average molecular weight is 348 g/mol. The molecule has 2 rings (SSSR count). The Hall–Kier alpha value is -2.96. The van der Waals surface area contributed by atoms with Crippen molar-refractivity contribution in [3.63, 3.8) is 0 Å². The summed E-state index contributed by atoms with van der Waals surface area (Å²) in [6.07, 6.45) is 0. The van der Waals surface area contributed by atoms with Crippen molar-refractivity contribution in [3.05, 3.63) is 47.3 Å². The summed E-state index contributed by atoms with van der Waals surface area (Å²) in [6.45, 7) is 1.85.